The molecule has 2 aliphatic rings. The summed E-state index contributed by atoms with van der Waals surface area (Å²) in [5.41, 5.74) is 0. The van der Waals surface area contributed by atoms with E-state index in [2.05, 4.69) is 5.32 Å². The van der Waals surface area contributed by atoms with Gasteiger partial charge in [-0.25, -0.2) is 0 Å². The van der Waals surface area contributed by atoms with Gasteiger partial charge in [-0.1, -0.05) is 20.8 Å². The molecule has 2 saturated heterocycles. The first-order valence-corrected chi connectivity index (χ1v) is 7.34. The van der Waals surface area contributed by atoms with E-state index in [-0.39, 0.29) is 23.8 Å². The minimum Gasteiger partial charge on any atom is -0.376 e. The quantitative estimate of drug-likeness (QED) is 0.799. The van der Waals surface area contributed by atoms with Crippen molar-refractivity contribution in [1.29, 1.82) is 0 Å². The van der Waals surface area contributed by atoms with Crippen LogP contribution in [-0.4, -0.2) is 61.3 Å². The van der Waals surface area contributed by atoms with E-state index >= 15 is 0 Å². The molecule has 2 aliphatic heterocycles. The zero-order chi connectivity index (χ0) is 14.7. The predicted molar refractivity (Wildman–Crippen MR) is 73.1 cm³/mol. The predicted octanol–water partition coefficient (Wildman–Crippen LogP) is 0.163. The molecule has 3 atom stereocenters. The second-order valence-electron chi connectivity index (χ2n) is 5.71. The molecule has 2 heterocycles. The number of hydrogen-bond donors (Lipinski definition) is 1. The molecule has 20 heavy (non-hydrogen) atoms. The van der Waals surface area contributed by atoms with E-state index < -0.39 is 12.1 Å². The first kappa shape index (κ1) is 15.3. The van der Waals surface area contributed by atoms with Crippen molar-refractivity contribution in [2.75, 3.05) is 26.4 Å². The third-order valence-corrected chi connectivity index (χ3v) is 3.86. The monoisotopic (exact) mass is 284 g/mol. The van der Waals surface area contributed by atoms with E-state index in [4.69, 9.17) is 9.47 Å². The molecule has 6 heteroatoms. The molecule has 0 aromatic carbocycles. The van der Waals surface area contributed by atoms with Gasteiger partial charge in [-0.15, -0.1) is 0 Å². The Hall–Kier alpha value is -1.14. The van der Waals surface area contributed by atoms with Crippen LogP contribution in [0, 0.1) is 5.92 Å². The van der Waals surface area contributed by atoms with Gasteiger partial charge in [0.2, 0.25) is 11.8 Å². The summed E-state index contributed by atoms with van der Waals surface area (Å²) in [7, 11) is 0. The molecular weight excluding hydrogens is 260 g/mol. The second kappa shape index (κ2) is 6.54. The van der Waals surface area contributed by atoms with Crippen molar-refractivity contribution >= 4 is 11.8 Å². The normalized spacial score (nSPS) is 31.6. The van der Waals surface area contributed by atoms with Crippen molar-refractivity contribution in [3.8, 4) is 0 Å². The van der Waals surface area contributed by atoms with E-state index in [0.717, 1.165) is 0 Å². The topological polar surface area (TPSA) is 67.9 Å². The molecule has 3 unspecified atom stereocenters. The molecule has 0 bridgehead atoms. The van der Waals surface area contributed by atoms with Crippen molar-refractivity contribution in [3.05, 3.63) is 0 Å². The summed E-state index contributed by atoms with van der Waals surface area (Å²) < 4.78 is 11.0. The summed E-state index contributed by atoms with van der Waals surface area (Å²) in [5.74, 6) is -0.00145. The van der Waals surface area contributed by atoms with Crippen LogP contribution >= 0.6 is 0 Å². The fourth-order valence-corrected chi connectivity index (χ4v) is 2.72. The summed E-state index contributed by atoms with van der Waals surface area (Å²) in [6, 6.07) is -0.835. The van der Waals surface area contributed by atoms with Crippen LogP contribution in [0.3, 0.4) is 0 Å². The van der Waals surface area contributed by atoms with Gasteiger partial charge in [0.1, 0.15) is 12.1 Å². The van der Waals surface area contributed by atoms with Crippen LogP contribution in [0.1, 0.15) is 27.2 Å². The van der Waals surface area contributed by atoms with Crippen LogP contribution in [0.25, 0.3) is 0 Å². The van der Waals surface area contributed by atoms with Gasteiger partial charge in [-0.3, -0.25) is 9.59 Å². The summed E-state index contributed by atoms with van der Waals surface area (Å²) in [5, 5.41) is 2.83. The number of hydrogen-bond acceptors (Lipinski definition) is 4. The number of nitrogens with zero attached hydrogens (tertiary/aromatic N) is 1. The first-order valence-electron chi connectivity index (χ1n) is 7.34. The van der Waals surface area contributed by atoms with Gasteiger partial charge >= 0.3 is 0 Å². The van der Waals surface area contributed by atoms with E-state index in [9.17, 15) is 9.59 Å². The Morgan fingerprint density at radius 1 is 1.35 bits per heavy atom. The van der Waals surface area contributed by atoms with Crippen LogP contribution in [0.4, 0.5) is 0 Å². The van der Waals surface area contributed by atoms with Gasteiger partial charge in [-0.2, -0.15) is 0 Å². The molecule has 2 fully saturated rings. The fraction of sp³-hybridized carbons (Fsp3) is 0.857. The Morgan fingerprint density at radius 3 is 2.65 bits per heavy atom. The molecule has 0 radical (unpaired) electrons. The second-order valence-corrected chi connectivity index (χ2v) is 5.71. The fourth-order valence-electron chi connectivity index (χ4n) is 2.72. The number of carbonyl (C=O) groups is 2. The lowest BCUT2D eigenvalue weighted by Crippen LogP contribution is -2.66. The Balaban J connectivity index is 2.11. The molecule has 0 aromatic rings. The molecule has 6 nitrogen and oxygen atoms in total. The van der Waals surface area contributed by atoms with Crippen molar-refractivity contribution in [1.82, 2.24) is 10.2 Å². The number of piperazine rings is 1. The number of ether oxygens (including phenoxy) is 2. The maximum absolute atomic E-state index is 12.6. The van der Waals surface area contributed by atoms with E-state index in [1.807, 2.05) is 20.8 Å². The van der Waals surface area contributed by atoms with Crippen LogP contribution < -0.4 is 5.32 Å². The summed E-state index contributed by atoms with van der Waals surface area (Å²) >= 11 is 0. The van der Waals surface area contributed by atoms with E-state index in [1.54, 1.807) is 4.90 Å². The third-order valence-electron chi connectivity index (χ3n) is 3.86. The number of carbonyl (C=O) groups excluding carboxylic acids is 2. The molecule has 1 N–H and O–H groups in total. The van der Waals surface area contributed by atoms with Crippen molar-refractivity contribution in [3.63, 3.8) is 0 Å². The Morgan fingerprint density at radius 2 is 2.10 bits per heavy atom. The molecule has 2 amide bonds. The third kappa shape index (κ3) is 3.12. The smallest absolute Gasteiger partial charge is 0.246 e. The zero-order valence-electron chi connectivity index (χ0n) is 12.4. The molecule has 2 rings (SSSR count). The molecule has 0 spiro atoms. The van der Waals surface area contributed by atoms with E-state index in [0.29, 0.717) is 32.8 Å². The maximum atomic E-state index is 12.6. The Bertz CT molecular complexity index is 366. The summed E-state index contributed by atoms with van der Waals surface area (Å²) in [6.07, 6.45) is 0.469. The van der Waals surface area contributed by atoms with Gasteiger partial charge in [0.05, 0.1) is 32.5 Å². The van der Waals surface area contributed by atoms with Crippen LogP contribution in [0.2, 0.25) is 0 Å². The lowest BCUT2D eigenvalue weighted by atomic mass is 9.96. The first-order chi connectivity index (χ1) is 9.54. The van der Waals surface area contributed by atoms with Crippen molar-refractivity contribution in [2.45, 2.75) is 45.4 Å². The molecule has 0 aromatic heterocycles. The zero-order valence-corrected chi connectivity index (χ0v) is 12.4. The van der Waals surface area contributed by atoms with Gasteiger partial charge in [0, 0.05) is 0 Å². The highest BCUT2D eigenvalue weighted by atomic mass is 16.6. The Labute approximate surface area is 119 Å². The van der Waals surface area contributed by atoms with Crippen LogP contribution in [-0.2, 0) is 19.1 Å². The number of amides is 2. The average Bonchev–Trinajstić information content (AvgIpc) is 2.43. The minimum atomic E-state index is -0.435. The maximum Gasteiger partial charge on any atom is 0.246 e. The van der Waals surface area contributed by atoms with E-state index in [1.165, 1.54) is 0 Å². The highest BCUT2D eigenvalue weighted by Gasteiger charge is 2.41. The van der Waals surface area contributed by atoms with Gasteiger partial charge in [0.25, 0.3) is 0 Å². The van der Waals surface area contributed by atoms with Crippen LogP contribution in [0.5, 0.6) is 0 Å². The molecule has 114 valence electrons. The van der Waals surface area contributed by atoms with Gasteiger partial charge in [0.15, 0.2) is 0 Å². The average molecular weight is 284 g/mol. The highest BCUT2D eigenvalue weighted by molar-refractivity contribution is 5.97. The van der Waals surface area contributed by atoms with Crippen molar-refractivity contribution < 1.29 is 19.1 Å². The molecule has 0 saturated carbocycles. The summed E-state index contributed by atoms with van der Waals surface area (Å²) in [6.45, 7) is 7.84. The molecule has 0 aliphatic carbocycles. The minimum absolute atomic E-state index is 0.0133. The molecular formula is C14H24N2O4. The van der Waals surface area contributed by atoms with Gasteiger partial charge in [-0.05, 0) is 12.3 Å². The lowest BCUT2D eigenvalue weighted by Gasteiger charge is -2.41. The SMILES string of the molecule is CCC1C(=O)NC(C(C)C)C(=O)N1CC1COCCO1. The van der Waals surface area contributed by atoms with Gasteiger partial charge < -0.3 is 19.7 Å². The summed E-state index contributed by atoms with van der Waals surface area (Å²) in [4.78, 5) is 26.4. The highest BCUT2D eigenvalue weighted by Crippen LogP contribution is 2.19. The number of rotatable bonds is 4. The number of nitrogens with one attached hydrogen (secondary N) is 1. The van der Waals surface area contributed by atoms with Crippen molar-refractivity contribution in [2.24, 2.45) is 5.92 Å². The standard InChI is InChI=1S/C14H24N2O4/c1-4-11-13(17)15-12(9(2)3)14(18)16(11)7-10-8-19-5-6-20-10/h9-12H,4-8H2,1-3H3,(H,15,17). The lowest BCUT2D eigenvalue weighted by molar-refractivity contribution is -0.156. The largest absolute Gasteiger partial charge is 0.376 e. The van der Waals surface area contributed by atoms with Crippen LogP contribution in [0.15, 0.2) is 0 Å². The Kier molecular flexibility index (Phi) is 4.99.